The number of aliphatic carboxylic acids is 3. The Labute approximate surface area is 664 Å². The number of hydrogen-bond donors (Lipinski definition) is 19. The predicted octanol–water partition coefficient (Wildman–Crippen LogP) is -6.71. The molecule has 43 heteroatoms. The number of carbonyl (C=O) groups is 15. The number of rotatable bonds is 48. The predicted molar refractivity (Wildman–Crippen MR) is 406 cm³/mol. The second kappa shape index (κ2) is 46.7. The van der Waals surface area contributed by atoms with E-state index in [1.807, 2.05) is 0 Å². The summed E-state index contributed by atoms with van der Waals surface area (Å²) in [6, 6.07) is -4.11. The molecule has 0 spiro atoms. The molecule has 2 aromatic carbocycles. The van der Waals surface area contributed by atoms with Crippen molar-refractivity contribution in [3.63, 3.8) is 0 Å². The monoisotopic (exact) mass is 1640 g/mol. The lowest BCUT2D eigenvalue weighted by Gasteiger charge is -2.25. The molecule has 9 atom stereocenters. The van der Waals surface area contributed by atoms with E-state index < -0.39 is 207 Å². The second-order valence-electron chi connectivity index (χ2n) is 27.6. The summed E-state index contributed by atoms with van der Waals surface area (Å²) in [6.07, 6.45) is -1.09. The van der Waals surface area contributed by atoms with Crippen LogP contribution in [-0.2, 0) is 92.5 Å². The molecule has 4 heterocycles. The third-order valence-corrected chi connectivity index (χ3v) is 20.2. The van der Waals surface area contributed by atoms with Crippen LogP contribution in [0.15, 0.2) is 29.1 Å². The second-order valence-corrected chi connectivity index (χ2v) is 28.6. The number of methoxy groups -OCH3 is 4. The molecule has 4 aliphatic heterocycles. The lowest BCUT2D eigenvalue weighted by atomic mass is 9.95. The van der Waals surface area contributed by atoms with Crippen LogP contribution in [0.4, 0.5) is 0 Å². The summed E-state index contributed by atoms with van der Waals surface area (Å²) >= 11 is 0.763. The van der Waals surface area contributed by atoms with Gasteiger partial charge in [0.2, 0.25) is 82.1 Å². The number of thioether (sulfide) groups is 1. The first kappa shape index (κ1) is 91.6. The van der Waals surface area contributed by atoms with E-state index in [4.69, 9.17) is 38.9 Å². The van der Waals surface area contributed by atoms with Crippen LogP contribution >= 0.6 is 11.8 Å². The van der Waals surface area contributed by atoms with Crippen molar-refractivity contribution < 1.29 is 120 Å². The number of benzene rings is 1. The Balaban J connectivity index is 1.08. The molecule has 0 aromatic heterocycles. The Bertz CT molecular complexity index is 3670. The van der Waals surface area contributed by atoms with Crippen LogP contribution in [0.25, 0.3) is 11.1 Å². The van der Waals surface area contributed by atoms with Gasteiger partial charge in [-0.05, 0) is 125 Å². The zero-order valence-corrected chi connectivity index (χ0v) is 65.1. The molecule has 7 rings (SSSR count). The smallest absolute Gasteiger partial charge is 0.305 e. The molecule has 2 aromatic rings. The first-order chi connectivity index (χ1) is 55.1. The highest BCUT2D eigenvalue weighted by molar-refractivity contribution is 8.00. The lowest BCUT2D eigenvalue weighted by molar-refractivity contribution is -0.141. The molecule has 5 aliphatic rings. The van der Waals surface area contributed by atoms with Gasteiger partial charge in [-0.1, -0.05) is 6.07 Å². The number of primary amides is 1. The van der Waals surface area contributed by atoms with Crippen LogP contribution in [0, 0.1) is 0 Å². The number of amides is 12. The Hall–Kier alpha value is -10.6. The zero-order valence-electron chi connectivity index (χ0n) is 64.3. The molecule has 20 N–H and O–H groups in total. The van der Waals surface area contributed by atoms with E-state index in [1.54, 1.807) is 12.1 Å². The first-order valence-electron chi connectivity index (χ1n) is 37.6. The Morgan fingerprint density at radius 3 is 1.24 bits per heavy atom. The van der Waals surface area contributed by atoms with E-state index in [-0.39, 0.29) is 73.5 Å². The van der Waals surface area contributed by atoms with Crippen molar-refractivity contribution in [2.45, 2.75) is 156 Å². The number of nitrogens with two attached hydrogens (primary N) is 1. The summed E-state index contributed by atoms with van der Waals surface area (Å²) in [4.78, 5) is 212. The first-order valence-corrected chi connectivity index (χ1v) is 38.7. The minimum Gasteiger partial charge on any atom is -0.493 e. The molecule has 0 saturated carbocycles. The number of ether oxygens (including phenoxy) is 7. The number of carbonyl (C=O) groups excluding carboxylic acids is 12. The summed E-state index contributed by atoms with van der Waals surface area (Å²) in [7, 11) is 5.59. The SMILES string of the molecule is COc1cc2c(c(OC)c1OC)-c1ccc(OC)c(=O)cc1[C@@H](NC(=O)CSC[C@H](NC(=O)COC(CNC(=O)[C@H](CC(=O)O)NC(=O)COC(CNC(=O)[C@@H]1CCCN1)CNC(=O)[C@@H]1CCCN1)CNC(=O)[C@H](CC(=O)O)NC(=O)COC(CNC(=O)[C@@H]1CCCN1)CNC(=O)[C@@H]1CCCN1)C(=O)N[C@@H](CC(=O)O)C(N)=O)CC2. The van der Waals surface area contributed by atoms with Gasteiger partial charge in [0.1, 0.15) is 44.0 Å². The van der Waals surface area contributed by atoms with E-state index in [0.29, 0.717) is 86.3 Å². The summed E-state index contributed by atoms with van der Waals surface area (Å²) in [5.41, 5.74) is 6.97. The van der Waals surface area contributed by atoms with Gasteiger partial charge in [0.15, 0.2) is 17.2 Å². The van der Waals surface area contributed by atoms with E-state index in [0.717, 1.165) is 37.4 Å². The maximum atomic E-state index is 14.2. The molecule has 634 valence electrons. The normalized spacial score (nSPS) is 18.4. The lowest BCUT2D eigenvalue weighted by Crippen LogP contribution is -2.55. The average Bonchev–Trinajstić information content (AvgIpc) is 1.68. The van der Waals surface area contributed by atoms with Crippen molar-refractivity contribution >= 4 is 101 Å². The van der Waals surface area contributed by atoms with Crippen molar-refractivity contribution in [3.8, 4) is 34.1 Å². The number of nitrogens with one attached hydrogen (secondary N) is 15. The Morgan fingerprint density at radius 2 is 0.870 bits per heavy atom. The van der Waals surface area contributed by atoms with Crippen LogP contribution in [-0.4, -0.2) is 296 Å². The quantitative estimate of drug-likeness (QED) is 0.0293. The minimum absolute atomic E-state index is 0.0258. The number of hydrogen-bond acceptors (Lipinski definition) is 28. The average molecular weight is 1640 g/mol. The van der Waals surface area contributed by atoms with E-state index in [1.165, 1.54) is 40.6 Å². The van der Waals surface area contributed by atoms with Crippen molar-refractivity contribution in [1.82, 2.24) is 79.8 Å². The van der Waals surface area contributed by atoms with E-state index >= 15 is 0 Å². The number of carboxylic acids is 3. The molecule has 4 saturated heterocycles. The van der Waals surface area contributed by atoms with Crippen molar-refractivity contribution in [1.29, 1.82) is 0 Å². The molecule has 115 heavy (non-hydrogen) atoms. The van der Waals surface area contributed by atoms with Gasteiger partial charge >= 0.3 is 17.9 Å². The summed E-state index contributed by atoms with van der Waals surface area (Å²) < 4.78 is 40.0. The molecular weight excluding hydrogens is 1540 g/mol. The minimum atomic E-state index is -1.90. The van der Waals surface area contributed by atoms with Crippen LogP contribution < -0.4 is 110 Å². The number of aryl methyl sites for hydroxylation is 1. The fourth-order valence-corrected chi connectivity index (χ4v) is 14.1. The summed E-state index contributed by atoms with van der Waals surface area (Å²) in [6.45, 7) is -2.67. The highest BCUT2D eigenvalue weighted by atomic mass is 32.2. The van der Waals surface area contributed by atoms with Gasteiger partial charge < -0.3 is 134 Å². The van der Waals surface area contributed by atoms with Gasteiger partial charge in [-0.15, -0.1) is 11.8 Å². The number of fused-ring (bicyclic) bond motifs is 3. The fraction of sp³-hybridized carbons (Fsp3) is 0.611. The summed E-state index contributed by atoms with van der Waals surface area (Å²) in [5.74, 6) is -15.2. The van der Waals surface area contributed by atoms with Gasteiger partial charge in [-0.2, -0.15) is 0 Å². The molecule has 0 radical (unpaired) electrons. The van der Waals surface area contributed by atoms with Crippen LogP contribution in [0.3, 0.4) is 0 Å². The maximum absolute atomic E-state index is 14.2. The fourth-order valence-electron chi connectivity index (χ4n) is 13.3. The largest absolute Gasteiger partial charge is 0.493 e. The molecule has 42 nitrogen and oxygen atoms in total. The van der Waals surface area contributed by atoms with Crippen molar-refractivity contribution in [2.24, 2.45) is 5.73 Å². The van der Waals surface area contributed by atoms with Gasteiger partial charge in [-0.3, -0.25) is 76.7 Å². The van der Waals surface area contributed by atoms with Crippen molar-refractivity contribution in [2.75, 3.05) is 125 Å². The van der Waals surface area contributed by atoms with Gasteiger partial charge in [-0.25, -0.2) is 0 Å². The highest BCUT2D eigenvalue weighted by Gasteiger charge is 2.36. The van der Waals surface area contributed by atoms with Gasteiger partial charge in [0.05, 0.1) is 102 Å². The van der Waals surface area contributed by atoms with Crippen LogP contribution in [0.1, 0.15) is 94.2 Å². The molecule has 1 aliphatic carbocycles. The molecule has 12 amide bonds. The molecular formula is C72H104N16O26S. The zero-order chi connectivity index (χ0) is 83.7. The number of carboxylic acid groups (broad SMARTS) is 3. The topological polar surface area (TPSA) is 605 Å². The van der Waals surface area contributed by atoms with E-state index in [9.17, 15) is 92.0 Å². The standard InChI is InChI=1S/C72H104N16O26S/c1-108-53-16-14-41-42(22-52(53)89)43(15-13-37-21-54(109-2)63(110-3)64(111-4)62(37)41)84-58(93)36-115-35-51(72(107)88-48(65(73)100)23-59(94)95)87-57(92)34-114-40(30-82-70(105)49(24-60(96)97)85-55(90)32-112-38(26-78-66(101)44-9-5-17-74-44)27-79-67(102)45-10-6-18-75-45)31-83-71(106)50(25-61(98)99)86-56(91)33-113-39(28-80-68(103)46-11-7-19-76-46)29-81-69(104)47-12-8-20-77-47/h14,16,21-22,38-40,43-51,74-77H,5-13,15,17-20,23-36H2,1-4H3,(H2,73,100)(H,78,101)(H,79,102)(H,80,103)(H,81,104)(H,82,105)(H,83,106)(H,84,93)(H,85,90)(H,86,91)(H,87,92)(H,88,107)(H,94,95)(H,96,97)(H,98,99)/t43-,44-,45-,46-,47-,48-,49-,50-,51-/m0/s1. The van der Waals surface area contributed by atoms with E-state index in [2.05, 4.69) is 79.8 Å². The van der Waals surface area contributed by atoms with Crippen molar-refractivity contribution in [3.05, 3.63) is 45.6 Å². The molecule has 4 fully saturated rings. The third-order valence-electron chi connectivity index (χ3n) is 19.2. The Morgan fingerprint density at radius 1 is 0.470 bits per heavy atom. The summed E-state index contributed by atoms with van der Waals surface area (Å²) in [5, 5.41) is 69.5. The highest BCUT2D eigenvalue weighted by Crippen LogP contribution is 2.50. The maximum Gasteiger partial charge on any atom is 0.305 e. The van der Waals surface area contributed by atoms with Crippen LogP contribution in [0.5, 0.6) is 23.0 Å². The van der Waals surface area contributed by atoms with Crippen LogP contribution in [0.2, 0.25) is 0 Å². The Kier molecular flexibility index (Phi) is 37.2. The van der Waals surface area contributed by atoms with Gasteiger partial charge in [0, 0.05) is 50.6 Å². The third kappa shape index (κ3) is 29.3. The molecule has 0 unspecified atom stereocenters. The van der Waals surface area contributed by atoms with Gasteiger partial charge in [0.25, 0.3) is 0 Å². The molecule has 0 bridgehead atoms.